The smallest absolute Gasteiger partial charge is 0.258 e. The van der Waals surface area contributed by atoms with Crippen LogP contribution in [0.4, 0.5) is 5.69 Å². The van der Waals surface area contributed by atoms with Gasteiger partial charge >= 0.3 is 0 Å². The monoisotopic (exact) mass is 645 g/mol. The number of hydrogen-bond acceptors (Lipinski definition) is 8. The largest absolute Gasteiger partial charge is 0.490 e. The fourth-order valence-corrected chi connectivity index (χ4v) is 5.98. The molecule has 0 unspecified atom stereocenters. The lowest BCUT2D eigenvalue weighted by Crippen LogP contribution is -2.47. The zero-order chi connectivity index (χ0) is 33.3. The fraction of sp³-hybridized carbons (Fsp3) is 0.459. The topological polar surface area (TPSA) is 110 Å². The third-order valence-corrected chi connectivity index (χ3v) is 8.73. The molecule has 47 heavy (non-hydrogen) atoms. The number of aliphatic hydroxyl groups is 1. The Bertz CT molecular complexity index is 1500. The van der Waals surface area contributed by atoms with Gasteiger partial charge in [0.1, 0.15) is 5.75 Å². The van der Waals surface area contributed by atoms with Gasteiger partial charge in [0.15, 0.2) is 11.5 Å². The van der Waals surface area contributed by atoms with E-state index in [9.17, 15) is 14.7 Å². The average Bonchev–Trinajstić information content (AvgIpc) is 3.54. The van der Waals surface area contributed by atoms with Gasteiger partial charge < -0.3 is 34.3 Å². The molecule has 0 aromatic heterocycles. The van der Waals surface area contributed by atoms with E-state index in [-0.39, 0.29) is 43.3 Å². The molecule has 2 aliphatic heterocycles. The molecule has 2 aliphatic rings. The summed E-state index contributed by atoms with van der Waals surface area (Å²) in [6.07, 6.45) is 2.29. The molecule has 10 nitrogen and oxygen atoms in total. The first-order valence-corrected chi connectivity index (χ1v) is 16.5. The van der Waals surface area contributed by atoms with Gasteiger partial charge in [-0.3, -0.25) is 14.5 Å². The lowest BCUT2D eigenvalue weighted by molar-refractivity contribution is -0.0177. The summed E-state index contributed by atoms with van der Waals surface area (Å²) < 4.78 is 23.9. The summed E-state index contributed by atoms with van der Waals surface area (Å²) in [6, 6.07) is 19.6. The first-order chi connectivity index (χ1) is 22.7. The number of hydrogen-bond donors (Lipinski definition) is 2. The molecular weight excluding hydrogens is 598 g/mol. The van der Waals surface area contributed by atoms with Crippen LogP contribution in [0.2, 0.25) is 0 Å². The van der Waals surface area contributed by atoms with Crippen molar-refractivity contribution in [3.63, 3.8) is 0 Å². The third-order valence-electron chi connectivity index (χ3n) is 8.73. The van der Waals surface area contributed by atoms with Crippen LogP contribution in [-0.4, -0.2) is 85.1 Å². The van der Waals surface area contributed by atoms with E-state index in [0.29, 0.717) is 48.8 Å². The van der Waals surface area contributed by atoms with E-state index < -0.39 is 6.04 Å². The minimum Gasteiger partial charge on any atom is -0.490 e. The maximum absolute atomic E-state index is 14.4. The Labute approximate surface area is 277 Å². The highest BCUT2D eigenvalue weighted by Gasteiger charge is 2.30. The Kier molecular flexibility index (Phi) is 11.7. The Morgan fingerprint density at radius 2 is 1.79 bits per heavy atom. The normalized spacial score (nSPS) is 21.0. The molecule has 0 saturated heterocycles. The van der Waals surface area contributed by atoms with Crippen LogP contribution in [0.1, 0.15) is 66.3 Å². The molecule has 0 saturated carbocycles. The van der Waals surface area contributed by atoms with E-state index in [1.165, 1.54) is 0 Å². The van der Waals surface area contributed by atoms with Crippen molar-refractivity contribution in [2.24, 2.45) is 5.92 Å². The number of benzene rings is 3. The summed E-state index contributed by atoms with van der Waals surface area (Å²) in [7, 11) is 2.06. The SMILES string of the molecule is C[C@@H]1CN([C@H](C)CO)C(=O)c2cc(NC(=O)c3ccccc3)ccc2O[C@@H](C)CCCCO[C@@H]1CN(C)Cc1ccc2c(c1)OCO2. The number of carbonyl (C=O) groups excluding carboxylic acids is 2. The second-order valence-electron chi connectivity index (χ2n) is 12.7. The second kappa shape index (κ2) is 16.1. The standard InChI is InChI=1S/C37H47N3O7/c1-25-20-40(26(2)23-41)37(43)31-19-30(38-36(42)29-11-6-5-7-12-29)14-16-32(31)47-27(3)10-8-9-17-44-35(25)22-39(4)21-28-13-15-33-34(18-28)46-24-45-33/h5-7,11-16,18-19,25-27,35,41H,8-10,17,20-24H2,1-4H3,(H,38,42)/t25-,26-,27+,35-/m1/s1. The quantitative estimate of drug-likeness (QED) is 0.326. The molecule has 3 aromatic rings. The second-order valence-corrected chi connectivity index (χ2v) is 12.7. The number of carbonyl (C=O) groups is 2. The number of aliphatic hydroxyl groups excluding tert-OH is 1. The van der Waals surface area contributed by atoms with Gasteiger partial charge in [-0.15, -0.1) is 0 Å². The Hall–Kier alpha value is -4.12. The highest BCUT2D eigenvalue weighted by molar-refractivity contribution is 6.05. The van der Waals surface area contributed by atoms with Crippen molar-refractivity contribution >= 4 is 17.5 Å². The van der Waals surface area contributed by atoms with Crippen LogP contribution < -0.4 is 19.5 Å². The molecule has 2 heterocycles. The van der Waals surface area contributed by atoms with Crippen LogP contribution in [0.3, 0.4) is 0 Å². The molecule has 252 valence electrons. The molecule has 0 aliphatic carbocycles. The molecule has 0 fully saturated rings. The molecule has 2 N–H and O–H groups in total. The van der Waals surface area contributed by atoms with E-state index in [0.717, 1.165) is 36.3 Å². The van der Waals surface area contributed by atoms with Crippen LogP contribution in [0.5, 0.6) is 17.2 Å². The summed E-state index contributed by atoms with van der Waals surface area (Å²) in [5, 5.41) is 13.2. The van der Waals surface area contributed by atoms with Crippen molar-refractivity contribution in [2.75, 3.05) is 45.5 Å². The minimum absolute atomic E-state index is 0.0562. The number of amides is 2. The van der Waals surface area contributed by atoms with Crippen LogP contribution in [0.25, 0.3) is 0 Å². The predicted molar refractivity (Wildman–Crippen MR) is 180 cm³/mol. The van der Waals surface area contributed by atoms with Gasteiger partial charge in [0.05, 0.1) is 30.4 Å². The highest BCUT2D eigenvalue weighted by Crippen LogP contribution is 2.33. The van der Waals surface area contributed by atoms with Crippen molar-refractivity contribution in [3.05, 3.63) is 83.4 Å². The molecular formula is C37H47N3O7. The Morgan fingerprint density at radius 3 is 2.57 bits per heavy atom. The molecule has 0 radical (unpaired) electrons. The van der Waals surface area contributed by atoms with Gasteiger partial charge in [0.25, 0.3) is 11.8 Å². The summed E-state index contributed by atoms with van der Waals surface area (Å²) in [5.74, 6) is 1.37. The van der Waals surface area contributed by atoms with E-state index >= 15 is 0 Å². The molecule has 2 amide bonds. The van der Waals surface area contributed by atoms with E-state index in [1.807, 2.05) is 38.1 Å². The van der Waals surface area contributed by atoms with E-state index in [1.54, 1.807) is 47.4 Å². The van der Waals surface area contributed by atoms with E-state index in [4.69, 9.17) is 18.9 Å². The van der Waals surface area contributed by atoms with Crippen LogP contribution in [-0.2, 0) is 11.3 Å². The van der Waals surface area contributed by atoms with Gasteiger partial charge in [0, 0.05) is 43.4 Å². The number of rotatable bonds is 8. The van der Waals surface area contributed by atoms with Crippen molar-refractivity contribution < 1.29 is 33.6 Å². The number of nitrogens with zero attached hydrogens (tertiary/aromatic N) is 2. The number of anilines is 1. The van der Waals surface area contributed by atoms with Gasteiger partial charge in [-0.25, -0.2) is 0 Å². The molecule has 10 heteroatoms. The fourth-order valence-electron chi connectivity index (χ4n) is 5.98. The van der Waals surface area contributed by atoms with Gasteiger partial charge in [0.2, 0.25) is 6.79 Å². The number of nitrogens with one attached hydrogen (secondary N) is 1. The van der Waals surface area contributed by atoms with Crippen LogP contribution >= 0.6 is 0 Å². The van der Waals surface area contributed by atoms with Crippen LogP contribution in [0, 0.1) is 5.92 Å². The van der Waals surface area contributed by atoms with Gasteiger partial charge in [-0.1, -0.05) is 31.2 Å². The molecule has 5 rings (SSSR count). The Morgan fingerprint density at radius 1 is 1.02 bits per heavy atom. The third kappa shape index (κ3) is 9.03. The summed E-state index contributed by atoms with van der Waals surface area (Å²) >= 11 is 0. The van der Waals surface area contributed by atoms with Crippen molar-refractivity contribution in [3.8, 4) is 17.2 Å². The van der Waals surface area contributed by atoms with E-state index in [2.05, 4.69) is 24.2 Å². The average molecular weight is 646 g/mol. The maximum atomic E-state index is 14.4. The van der Waals surface area contributed by atoms with Crippen molar-refractivity contribution in [1.29, 1.82) is 0 Å². The van der Waals surface area contributed by atoms with Gasteiger partial charge in [-0.05, 0) is 88.2 Å². The molecule has 4 atom stereocenters. The number of fused-ring (bicyclic) bond motifs is 2. The summed E-state index contributed by atoms with van der Waals surface area (Å²) in [5.41, 5.74) is 2.45. The lowest BCUT2D eigenvalue weighted by atomic mass is 10.0. The lowest BCUT2D eigenvalue weighted by Gasteiger charge is -2.36. The molecule has 0 spiro atoms. The number of likely N-dealkylation sites (N-methyl/N-ethyl adjacent to an activating group) is 1. The van der Waals surface area contributed by atoms with Gasteiger partial charge in [-0.2, -0.15) is 0 Å². The van der Waals surface area contributed by atoms with Crippen LogP contribution in [0.15, 0.2) is 66.7 Å². The molecule has 3 aromatic carbocycles. The summed E-state index contributed by atoms with van der Waals surface area (Å²) in [6.45, 7) is 8.26. The highest BCUT2D eigenvalue weighted by atomic mass is 16.7. The first-order valence-electron chi connectivity index (χ1n) is 16.5. The minimum atomic E-state index is -0.460. The Balaban J connectivity index is 1.38. The van der Waals surface area contributed by atoms with Crippen molar-refractivity contribution in [1.82, 2.24) is 9.80 Å². The number of ether oxygens (including phenoxy) is 4. The first kappa shape index (κ1) is 34.2. The maximum Gasteiger partial charge on any atom is 0.258 e. The van der Waals surface area contributed by atoms with Crippen molar-refractivity contribution in [2.45, 2.75) is 64.8 Å². The summed E-state index contributed by atoms with van der Waals surface area (Å²) in [4.78, 5) is 31.2. The predicted octanol–water partition coefficient (Wildman–Crippen LogP) is 5.60. The molecule has 0 bridgehead atoms. The zero-order valence-electron chi connectivity index (χ0n) is 27.8. The zero-order valence-corrected chi connectivity index (χ0v) is 27.8.